The zero-order valence-electron chi connectivity index (χ0n) is 13.3. The van der Waals surface area contributed by atoms with Crippen molar-refractivity contribution in [2.24, 2.45) is 0 Å². The molecule has 2 aromatic rings. The number of thioether (sulfide) groups is 1. The molecule has 0 N–H and O–H groups in total. The van der Waals surface area contributed by atoms with Gasteiger partial charge in [0.05, 0.1) is 0 Å². The van der Waals surface area contributed by atoms with Crippen LogP contribution in [0.4, 0.5) is 0 Å². The lowest BCUT2D eigenvalue weighted by Gasteiger charge is -2.24. The van der Waals surface area contributed by atoms with Gasteiger partial charge in [0.2, 0.25) is 5.91 Å². The minimum atomic E-state index is 0.105. The molecule has 3 nitrogen and oxygen atoms in total. The van der Waals surface area contributed by atoms with Crippen LogP contribution in [0.25, 0.3) is 0 Å². The van der Waals surface area contributed by atoms with Gasteiger partial charge in [0.15, 0.2) is 0 Å². The summed E-state index contributed by atoms with van der Waals surface area (Å²) in [4.78, 5) is 14.3. The lowest BCUT2D eigenvalue weighted by atomic mass is 10.2. The molecule has 1 heterocycles. The first-order valence-corrected chi connectivity index (χ1v) is 9.06. The summed E-state index contributed by atoms with van der Waals surface area (Å²) >= 11 is 1.82. The largest absolute Gasteiger partial charge is 0.457 e. The molecule has 1 fully saturated rings. The number of carbonyl (C=O) groups is 1. The number of nitrogens with zero attached hydrogens (tertiary/aromatic N) is 1. The Kier molecular flexibility index (Phi) is 5.23. The van der Waals surface area contributed by atoms with Crippen molar-refractivity contribution in [2.75, 3.05) is 12.3 Å². The van der Waals surface area contributed by atoms with Gasteiger partial charge < -0.3 is 9.64 Å². The van der Waals surface area contributed by atoms with Gasteiger partial charge in [0.1, 0.15) is 16.9 Å². The zero-order chi connectivity index (χ0) is 16.1. The van der Waals surface area contributed by atoms with Crippen molar-refractivity contribution in [1.82, 2.24) is 4.90 Å². The maximum absolute atomic E-state index is 12.3. The first-order valence-electron chi connectivity index (χ1n) is 8.02. The van der Waals surface area contributed by atoms with E-state index in [1.165, 1.54) is 0 Å². The van der Waals surface area contributed by atoms with Crippen molar-refractivity contribution in [2.45, 2.75) is 25.1 Å². The van der Waals surface area contributed by atoms with E-state index >= 15 is 0 Å². The van der Waals surface area contributed by atoms with Crippen LogP contribution in [0.15, 0.2) is 54.6 Å². The summed E-state index contributed by atoms with van der Waals surface area (Å²) in [6, 6.07) is 17.8. The fourth-order valence-corrected chi connectivity index (χ4v) is 3.98. The van der Waals surface area contributed by atoms with E-state index in [-0.39, 0.29) is 11.3 Å². The summed E-state index contributed by atoms with van der Waals surface area (Å²) in [5.74, 6) is 2.87. The van der Waals surface area contributed by atoms with E-state index in [1.54, 1.807) is 0 Å². The summed E-state index contributed by atoms with van der Waals surface area (Å²) in [6.07, 6.45) is 1.52. The summed E-state index contributed by atoms with van der Waals surface area (Å²) < 4.78 is 5.91. The fourth-order valence-electron chi connectivity index (χ4n) is 2.72. The molecule has 1 amide bonds. The fraction of sp³-hybridized carbons (Fsp3) is 0.316. The highest BCUT2D eigenvalue weighted by Gasteiger charge is 2.30. The van der Waals surface area contributed by atoms with Gasteiger partial charge in [-0.3, -0.25) is 4.79 Å². The van der Waals surface area contributed by atoms with E-state index in [9.17, 15) is 4.79 Å². The normalized spacial score (nSPS) is 17.3. The van der Waals surface area contributed by atoms with Crippen LogP contribution < -0.4 is 4.74 Å². The van der Waals surface area contributed by atoms with Gasteiger partial charge in [0, 0.05) is 18.7 Å². The van der Waals surface area contributed by atoms with E-state index in [4.69, 9.17) is 4.74 Å². The molecule has 0 saturated carbocycles. The number of hydrogen-bond donors (Lipinski definition) is 0. The SMILES string of the molecule is CCCC(=O)N1CCS[C@H]1c1cccc(Oc2ccccc2)c1. The minimum Gasteiger partial charge on any atom is -0.457 e. The van der Waals surface area contributed by atoms with Gasteiger partial charge in [-0.25, -0.2) is 0 Å². The van der Waals surface area contributed by atoms with Gasteiger partial charge in [-0.2, -0.15) is 0 Å². The maximum Gasteiger partial charge on any atom is 0.223 e. The molecule has 4 heteroatoms. The smallest absolute Gasteiger partial charge is 0.223 e. The average Bonchev–Trinajstić information content (AvgIpc) is 3.06. The summed E-state index contributed by atoms with van der Waals surface area (Å²) in [6.45, 7) is 2.88. The van der Waals surface area contributed by atoms with E-state index in [0.717, 1.165) is 35.8 Å². The van der Waals surface area contributed by atoms with Crippen LogP contribution in [0.1, 0.15) is 30.7 Å². The second-order valence-electron chi connectivity index (χ2n) is 5.55. The molecule has 0 aromatic heterocycles. The second-order valence-corrected chi connectivity index (χ2v) is 6.74. The van der Waals surface area contributed by atoms with Crippen molar-refractivity contribution < 1.29 is 9.53 Å². The lowest BCUT2D eigenvalue weighted by molar-refractivity contribution is -0.131. The van der Waals surface area contributed by atoms with Gasteiger partial charge in [-0.05, 0) is 36.2 Å². The molecule has 120 valence electrons. The van der Waals surface area contributed by atoms with E-state index in [1.807, 2.05) is 72.1 Å². The Balaban J connectivity index is 1.77. The Labute approximate surface area is 141 Å². The number of benzene rings is 2. The van der Waals surface area contributed by atoms with E-state index in [0.29, 0.717) is 6.42 Å². The van der Waals surface area contributed by atoms with Gasteiger partial charge in [0.25, 0.3) is 0 Å². The highest BCUT2D eigenvalue weighted by atomic mass is 32.2. The Morgan fingerprint density at radius 3 is 2.74 bits per heavy atom. The van der Waals surface area contributed by atoms with Crippen LogP contribution in [0, 0.1) is 0 Å². The standard InChI is InChI=1S/C19H21NO2S/c1-2-7-18(21)20-12-13-23-19(20)15-8-6-11-17(14-15)22-16-9-4-3-5-10-16/h3-6,8-11,14,19H,2,7,12-13H2,1H3/t19-/m0/s1. The Hall–Kier alpha value is -1.94. The molecule has 3 rings (SSSR count). The number of para-hydroxylation sites is 1. The van der Waals surface area contributed by atoms with Crippen LogP contribution in [0.2, 0.25) is 0 Å². The molecular weight excluding hydrogens is 306 g/mol. The zero-order valence-corrected chi connectivity index (χ0v) is 14.1. The Morgan fingerprint density at radius 1 is 1.17 bits per heavy atom. The molecule has 0 unspecified atom stereocenters. The van der Waals surface area contributed by atoms with Crippen LogP contribution >= 0.6 is 11.8 Å². The van der Waals surface area contributed by atoms with Crippen LogP contribution in [-0.4, -0.2) is 23.1 Å². The topological polar surface area (TPSA) is 29.5 Å². The Morgan fingerprint density at radius 2 is 1.96 bits per heavy atom. The highest BCUT2D eigenvalue weighted by Crippen LogP contribution is 2.39. The number of amides is 1. The molecule has 2 aromatic carbocycles. The molecule has 1 aliphatic rings. The first-order chi connectivity index (χ1) is 11.3. The van der Waals surface area contributed by atoms with Crippen molar-refractivity contribution in [1.29, 1.82) is 0 Å². The predicted octanol–water partition coefficient (Wildman–Crippen LogP) is 4.85. The van der Waals surface area contributed by atoms with Crippen molar-refractivity contribution in [3.05, 3.63) is 60.2 Å². The molecule has 23 heavy (non-hydrogen) atoms. The third kappa shape index (κ3) is 3.88. The van der Waals surface area contributed by atoms with Gasteiger partial charge in [-0.1, -0.05) is 37.3 Å². The minimum absolute atomic E-state index is 0.105. The van der Waals surface area contributed by atoms with Crippen molar-refractivity contribution in [3.8, 4) is 11.5 Å². The molecule has 0 bridgehead atoms. The number of ether oxygens (including phenoxy) is 1. The third-order valence-corrected chi connectivity index (χ3v) is 5.06. The molecular formula is C19H21NO2S. The van der Waals surface area contributed by atoms with Gasteiger partial charge in [-0.15, -0.1) is 11.8 Å². The number of rotatable bonds is 5. The predicted molar refractivity (Wildman–Crippen MR) is 94.8 cm³/mol. The second kappa shape index (κ2) is 7.55. The lowest BCUT2D eigenvalue weighted by Crippen LogP contribution is -2.30. The first kappa shape index (κ1) is 15.9. The Bertz CT molecular complexity index is 659. The number of hydrogen-bond acceptors (Lipinski definition) is 3. The van der Waals surface area contributed by atoms with Crippen molar-refractivity contribution >= 4 is 17.7 Å². The molecule has 1 aliphatic heterocycles. The average molecular weight is 327 g/mol. The van der Waals surface area contributed by atoms with Crippen LogP contribution in [0.3, 0.4) is 0 Å². The molecule has 0 radical (unpaired) electrons. The quantitative estimate of drug-likeness (QED) is 0.786. The van der Waals surface area contributed by atoms with E-state index in [2.05, 4.69) is 6.07 Å². The van der Waals surface area contributed by atoms with Gasteiger partial charge >= 0.3 is 0 Å². The van der Waals surface area contributed by atoms with Crippen LogP contribution in [-0.2, 0) is 4.79 Å². The summed E-state index contributed by atoms with van der Waals surface area (Å²) in [7, 11) is 0. The monoisotopic (exact) mass is 327 g/mol. The number of carbonyl (C=O) groups excluding carboxylic acids is 1. The molecule has 1 atom stereocenters. The third-order valence-electron chi connectivity index (χ3n) is 3.80. The summed E-state index contributed by atoms with van der Waals surface area (Å²) in [5, 5.41) is 0.105. The van der Waals surface area contributed by atoms with Crippen molar-refractivity contribution in [3.63, 3.8) is 0 Å². The molecule has 1 saturated heterocycles. The molecule has 0 aliphatic carbocycles. The molecule has 0 spiro atoms. The summed E-state index contributed by atoms with van der Waals surface area (Å²) in [5.41, 5.74) is 1.13. The highest BCUT2D eigenvalue weighted by molar-refractivity contribution is 7.99. The van der Waals surface area contributed by atoms with E-state index < -0.39 is 0 Å². The van der Waals surface area contributed by atoms with Crippen LogP contribution in [0.5, 0.6) is 11.5 Å². The maximum atomic E-state index is 12.3.